The van der Waals surface area contributed by atoms with Crippen LogP contribution in [-0.2, 0) is 4.79 Å². The third kappa shape index (κ3) is 2.84. The summed E-state index contributed by atoms with van der Waals surface area (Å²) in [4.78, 5) is 25.2. The number of anilines is 1. The van der Waals surface area contributed by atoms with E-state index in [1.165, 1.54) is 12.1 Å². The Morgan fingerprint density at radius 2 is 2.00 bits per heavy atom. The number of carboxylic acids is 1. The molecule has 0 aliphatic carbocycles. The monoisotopic (exact) mass is 294 g/mol. The summed E-state index contributed by atoms with van der Waals surface area (Å²) >= 11 is 0. The summed E-state index contributed by atoms with van der Waals surface area (Å²) in [6.07, 6.45) is 1.38. The third-order valence-corrected chi connectivity index (χ3v) is 4.39. The Bertz CT molecular complexity index is 566. The summed E-state index contributed by atoms with van der Waals surface area (Å²) in [6.45, 7) is 2.58. The number of nitrogens with two attached hydrogens (primary N) is 1. The first-order valence-corrected chi connectivity index (χ1v) is 6.97. The van der Waals surface area contributed by atoms with Crippen LogP contribution in [0.2, 0.25) is 0 Å². The molecule has 0 spiro atoms. The molecular weight excluding hydrogens is 275 g/mol. The number of likely N-dealkylation sites (tertiary alicyclic amines) is 1. The SMILES string of the molecule is CCC1(C(=O)O)CCN(C(=O)c2ccc(N)c(F)c2)CC1. The molecule has 0 atom stereocenters. The fraction of sp³-hybridized carbons (Fsp3) is 0.467. The zero-order valence-electron chi connectivity index (χ0n) is 11.9. The van der Waals surface area contributed by atoms with Gasteiger partial charge in [0, 0.05) is 18.7 Å². The molecule has 1 saturated heterocycles. The zero-order chi connectivity index (χ0) is 15.6. The topological polar surface area (TPSA) is 83.6 Å². The van der Waals surface area contributed by atoms with Crippen molar-refractivity contribution in [3.05, 3.63) is 29.6 Å². The highest BCUT2D eigenvalue weighted by molar-refractivity contribution is 5.94. The number of carboxylic acid groups (broad SMARTS) is 1. The average molecular weight is 294 g/mol. The van der Waals surface area contributed by atoms with Crippen LogP contribution in [0.3, 0.4) is 0 Å². The first-order valence-electron chi connectivity index (χ1n) is 6.97. The van der Waals surface area contributed by atoms with E-state index in [4.69, 9.17) is 5.73 Å². The quantitative estimate of drug-likeness (QED) is 0.836. The molecular formula is C15H19FN2O3. The fourth-order valence-corrected chi connectivity index (χ4v) is 2.70. The van der Waals surface area contributed by atoms with Crippen LogP contribution >= 0.6 is 0 Å². The van der Waals surface area contributed by atoms with Gasteiger partial charge in [-0.15, -0.1) is 0 Å². The highest BCUT2D eigenvalue weighted by atomic mass is 19.1. The van der Waals surface area contributed by atoms with E-state index >= 15 is 0 Å². The molecule has 1 aromatic rings. The molecule has 1 aliphatic heterocycles. The second kappa shape index (κ2) is 5.71. The van der Waals surface area contributed by atoms with Gasteiger partial charge >= 0.3 is 5.97 Å². The minimum Gasteiger partial charge on any atom is -0.481 e. The molecule has 114 valence electrons. The Balaban J connectivity index is 2.09. The van der Waals surface area contributed by atoms with Crippen molar-refractivity contribution in [1.82, 2.24) is 4.90 Å². The second-order valence-corrected chi connectivity index (χ2v) is 5.47. The van der Waals surface area contributed by atoms with E-state index in [9.17, 15) is 19.1 Å². The number of hydrogen-bond acceptors (Lipinski definition) is 3. The molecule has 6 heteroatoms. The molecule has 0 bridgehead atoms. The molecule has 2 rings (SSSR count). The first kappa shape index (κ1) is 15.3. The Morgan fingerprint density at radius 3 is 2.48 bits per heavy atom. The van der Waals surface area contributed by atoms with E-state index in [1.807, 2.05) is 6.92 Å². The van der Waals surface area contributed by atoms with Crippen LogP contribution in [0.1, 0.15) is 36.5 Å². The van der Waals surface area contributed by atoms with Crippen LogP contribution in [-0.4, -0.2) is 35.0 Å². The van der Waals surface area contributed by atoms with Crippen molar-refractivity contribution in [3.8, 4) is 0 Å². The van der Waals surface area contributed by atoms with Crippen molar-refractivity contribution in [2.75, 3.05) is 18.8 Å². The maximum Gasteiger partial charge on any atom is 0.309 e. The number of aliphatic carboxylic acids is 1. The minimum absolute atomic E-state index is 0.000992. The summed E-state index contributed by atoms with van der Waals surface area (Å²) in [7, 11) is 0. The lowest BCUT2D eigenvalue weighted by Gasteiger charge is -2.38. The van der Waals surface area contributed by atoms with Crippen molar-refractivity contribution in [1.29, 1.82) is 0 Å². The number of nitrogens with zero attached hydrogens (tertiary/aromatic N) is 1. The van der Waals surface area contributed by atoms with Gasteiger partial charge < -0.3 is 15.7 Å². The molecule has 0 saturated carbocycles. The predicted molar refractivity (Wildman–Crippen MR) is 76.3 cm³/mol. The highest BCUT2D eigenvalue weighted by Gasteiger charge is 2.40. The molecule has 5 nitrogen and oxygen atoms in total. The van der Waals surface area contributed by atoms with E-state index < -0.39 is 17.2 Å². The van der Waals surface area contributed by atoms with Crippen LogP contribution in [0.25, 0.3) is 0 Å². The third-order valence-electron chi connectivity index (χ3n) is 4.39. The number of amides is 1. The molecule has 3 N–H and O–H groups in total. The summed E-state index contributed by atoms with van der Waals surface area (Å²) in [5.74, 6) is -1.72. The maximum atomic E-state index is 13.4. The normalized spacial score (nSPS) is 17.5. The second-order valence-electron chi connectivity index (χ2n) is 5.47. The van der Waals surface area contributed by atoms with Crippen LogP contribution in [0.5, 0.6) is 0 Å². The first-order chi connectivity index (χ1) is 9.89. The number of hydrogen-bond donors (Lipinski definition) is 2. The van der Waals surface area contributed by atoms with Gasteiger partial charge in [-0.2, -0.15) is 0 Å². The largest absolute Gasteiger partial charge is 0.481 e. The van der Waals surface area contributed by atoms with Crippen molar-refractivity contribution in [2.24, 2.45) is 5.41 Å². The van der Waals surface area contributed by atoms with Gasteiger partial charge in [-0.05, 0) is 37.5 Å². The van der Waals surface area contributed by atoms with Gasteiger partial charge in [-0.25, -0.2) is 4.39 Å². The van der Waals surface area contributed by atoms with Gasteiger partial charge in [0.2, 0.25) is 0 Å². The smallest absolute Gasteiger partial charge is 0.309 e. The molecule has 1 fully saturated rings. The number of halogens is 1. The summed E-state index contributed by atoms with van der Waals surface area (Å²) in [5.41, 5.74) is 4.88. The van der Waals surface area contributed by atoms with E-state index in [1.54, 1.807) is 4.90 Å². The number of carbonyl (C=O) groups excluding carboxylic acids is 1. The Kier molecular flexibility index (Phi) is 4.16. The van der Waals surface area contributed by atoms with E-state index in [0.29, 0.717) is 32.4 Å². The van der Waals surface area contributed by atoms with E-state index in [0.717, 1.165) is 6.07 Å². The molecule has 1 aliphatic rings. The lowest BCUT2D eigenvalue weighted by Crippen LogP contribution is -2.46. The molecule has 0 aromatic heterocycles. The lowest BCUT2D eigenvalue weighted by atomic mass is 9.76. The predicted octanol–water partition coefficient (Wildman–Crippen LogP) is 2.12. The van der Waals surface area contributed by atoms with Crippen molar-refractivity contribution >= 4 is 17.6 Å². The number of nitrogen functional groups attached to an aromatic ring is 1. The zero-order valence-corrected chi connectivity index (χ0v) is 11.9. The Morgan fingerprint density at radius 1 is 1.38 bits per heavy atom. The van der Waals surface area contributed by atoms with E-state index in [2.05, 4.69) is 0 Å². The highest BCUT2D eigenvalue weighted by Crippen LogP contribution is 2.35. The maximum absolute atomic E-state index is 13.4. The van der Waals surface area contributed by atoms with Crippen molar-refractivity contribution in [2.45, 2.75) is 26.2 Å². The van der Waals surface area contributed by atoms with Gasteiger partial charge in [0.25, 0.3) is 5.91 Å². The van der Waals surface area contributed by atoms with Gasteiger partial charge in [0.1, 0.15) is 5.82 Å². The minimum atomic E-state index is -0.810. The Labute approximate surface area is 122 Å². The molecule has 1 aromatic carbocycles. The van der Waals surface area contributed by atoms with Crippen LogP contribution in [0.15, 0.2) is 18.2 Å². The van der Waals surface area contributed by atoms with Crippen molar-refractivity contribution in [3.63, 3.8) is 0 Å². The average Bonchev–Trinajstić information content (AvgIpc) is 2.49. The molecule has 0 unspecified atom stereocenters. The van der Waals surface area contributed by atoms with Gasteiger partial charge in [0.05, 0.1) is 11.1 Å². The molecule has 1 heterocycles. The lowest BCUT2D eigenvalue weighted by molar-refractivity contribution is -0.152. The van der Waals surface area contributed by atoms with Gasteiger partial charge in [0.15, 0.2) is 0 Å². The number of carbonyl (C=O) groups is 2. The van der Waals surface area contributed by atoms with Crippen molar-refractivity contribution < 1.29 is 19.1 Å². The number of rotatable bonds is 3. The summed E-state index contributed by atoms with van der Waals surface area (Å²) < 4.78 is 13.4. The molecule has 1 amide bonds. The van der Waals surface area contributed by atoms with Gasteiger partial charge in [-0.1, -0.05) is 6.92 Å². The van der Waals surface area contributed by atoms with E-state index in [-0.39, 0.29) is 17.2 Å². The number of piperidine rings is 1. The van der Waals surface area contributed by atoms with Gasteiger partial charge in [-0.3, -0.25) is 9.59 Å². The number of benzene rings is 1. The molecule has 0 radical (unpaired) electrons. The summed E-state index contributed by atoms with van der Waals surface area (Å²) in [6, 6.07) is 3.97. The Hall–Kier alpha value is -2.11. The summed E-state index contributed by atoms with van der Waals surface area (Å²) in [5, 5.41) is 9.33. The fourth-order valence-electron chi connectivity index (χ4n) is 2.70. The van der Waals surface area contributed by atoms with Crippen LogP contribution < -0.4 is 5.73 Å². The molecule has 21 heavy (non-hydrogen) atoms. The van der Waals surface area contributed by atoms with Crippen LogP contribution in [0.4, 0.5) is 10.1 Å². The van der Waals surface area contributed by atoms with Crippen LogP contribution in [0, 0.1) is 11.2 Å². The standard InChI is InChI=1S/C15H19FN2O3/c1-2-15(14(20)21)5-7-18(8-6-15)13(19)10-3-4-12(17)11(16)9-10/h3-4,9H,2,5-8,17H2,1H3,(H,20,21).